The van der Waals surface area contributed by atoms with Gasteiger partial charge in [-0.05, 0) is 26.4 Å². The van der Waals surface area contributed by atoms with E-state index in [0.29, 0.717) is 13.0 Å². The van der Waals surface area contributed by atoms with E-state index in [0.717, 1.165) is 30.8 Å². The highest BCUT2D eigenvalue weighted by Gasteiger charge is 2.25. The Morgan fingerprint density at radius 2 is 2.00 bits per heavy atom. The Labute approximate surface area is 121 Å². The Hall–Kier alpha value is -1.36. The third-order valence-electron chi connectivity index (χ3n) is 3.55. The van der Waals surface area contributed by atoms with Crippen molar-refractivity contribution in [2.24, 2.45) is 7.05 Å². The summed E-state index contributed by atoms with van der Waals surface area (Å²) in [4.78, 5) is 14.2. The highest BCUT2D eigenvalue weighted by atomic mass is 16.5. The topological polar surface area (TPSA) is 47.4 Å². The lowest BCUT2D eigenvalue weighted by Gasteiger charge is -2.29. The van der Waals surface area contributed by atoms with E-state index >= 15 is 0 Å². The van der Waals surface area contributed by atoms with Crippen molar-refractivity contribution in [3.05, 3.63) is 17.5 Å². The Balaban J connectivity index is 3.05. The average molecular weight is 281 g/mol. The number of esters is 1. The molecule has 0 bridgehead atoms. The van der Waals surface area contributed by atoms with Crippen molar-refractivity contribution in [3.8, 4) is 0 Å². The van der Waals surface area contributed by atoms with Crippen LogP contribution in [0.25, 0.3) is 0 Å². The Morgan fingerprint density at radius 3 is 2.50 bits per heavy atom. The van der Waals surface area contributed by atoms with Gasteiger partial charge in [-0.15, -0.1) is 0 Å². The van der Waals surface area contributed by atoms with Crippen LogP contribution in [0.15, 0.2) is 6.20 Å². The number of aromatic nitrogens is 2. The lowest BCUT2D eigenvalue weighted by atomic mass is 10.0. The predicted molar refractivity (Wildman–Crippen MR) is 79.5 cm³/mol. The van der Waals surface area contributed by atoms with Crippen LogP contribution in [-0.4, -0.2) is 40.3 Å². The van der Waals surface area contributed by atoms with Gasteiger partial charge < -0.3 is 4.74 Å². The molecule has 5 nitrogen and oxygen atoms in total. The van der Waals surface area contributed by atoms with Gasteiger partial charge in [-0.3, -0.25) is 14.4 Å². The zero-order valence-corrected chi connectivity index (χ0v) is 13.3. The molecule has 114 valence electrons. The number of carbonyl (C=O) groups is 1. The molecule has 20 heavy (non-hydrogen) atoms. The molecule has 1 rings (SSSR count). The molecule has 0 fully saturated rings. The van der Waals surface area contributed by atoms with Gasteiger partial charge in [0.2, 0.25) is 0 Å². The molecule has 0 aliphatic carbocycles. The summed E-state index contributed by atoms with van der Waals surface area (Å²) in [5, 5.41) is 4.49. The third-order valence-corrected chi connectivity index (χ3v) is 3.55. The van der Waals surface area contributed by atoms with Gasteiger partial charge in [-0.25, -0.2) is 0 Å². The van der Waals surface area contributed by atoms with Crippen molar-refractivity contribution >= 4 is 5.97 Å². The number of hydrogen-bond acceptors (Lipinski definition) is 4. The van der Waals surface area contributed by atoms with Crippen LogP contribution in [0, 0.1) is 0 Å². The van der Waals surface area contributed by atoms with Crippen LogP contribution >= 0.6 is 0 Å². The first-order valence-corrected chi connectivity index (χ1v) is 7.49. The molecule has 1 atom stereocenters. The molecule has 0 spiro atoms. The van der Waals surface area contributed by atoms with Crippen molar-refractivity contribution in [2.75, 3.05) is 19.7 Å². The number of aryl methyl sites for hydroxylation is 2. The van der Waals surface area contributed by atoms with Crippen LogP contribution in [0.1, 0.15) is 51.4 Å². The number of rotatable bonds is 8. The standard InChI is InChI=1S/C15H27N3O2/c1-6-13-12(11-17(5)16-13)14(18(7-2)8-3)10-15(19)20-9-4/h11,14H,6-10H2,1-5H3. The maximum absolute atomic E-state index is 11.9. The van der Waals surface area contributed by atoms with Crippen molar-refractivity contribution in [1.82, 2.24) is 14.7 Å². The quantitative estimate of drug-likeness (QED) is 0.686. The lowest BCUT2D eigenvalue weighted by Crippen LogP contribution is -2.31. The Bertz CT molecular complexity index is 425. The first-order chi connectivity index (χ1) is 9.57. The van der Waals surface area contributed by atoms with E-state index in [9.17, 15) is 4.79 Å². The van der Waals surface area contributed by atoms with E-state index in [1.165, 1.54) is 0 Å². The fourth-order valence-corrected chi connectivity index (χ4v) is 2.58. The molecule has 1 unspecified atom stereocenters. The van der Waals surface area contributed by atoms with Crippen LogP contribution < -0.4 is 0 Å². The zero-order valence-electron chi connectivity index (χ0n) is 13.3. The Kier molecular flexibility index (Phi) is 6.71. The summed E-state index contributed by atoms with van der Waals surface area (Å²) in [6.07, 6.45) is 3.28. The van der Waals surface area contributed by atoms with Gasteiger partial charge in [0.05, 0.1) is 18.7 Å². The summed E-state index contributed by atoms with van der Waals surface area (Å²) in [6.45, 7) is 10.4. The molecule has 0 aromatic carbocycles. The van der Waals surface area contributed by atoms with E-state index in [4.69, 9.17) is 4.74 Å². The molecule has 0 saturated heterocycles. The number of hydrogen-bond donors (Lipinski definition) is 0. The smallest absolute Gasteiger partial charge is 0.307 e. The summed E-state index contributed by atoms with van der Waals surface area (Å²) in [5.41, 5.74) is 2.21. The Morgan fingerprint density at radius 1 is 1.35 bits per heavy atom. The number of ether oxygens (including phenoxy) is 1. The monoisotopic (exact) mass is 281 g/mol. The maximum Gasteiger partial charge on any atom is 0.307 e. The van der Waals surface area contributed by atoms with E-state index < -0.39 is 0 Å². The maximum atomic E-state index is 11.9. The summed E-state index contributed by atoms with van der Waals surface area (Å²) in [6, 6.07) is 0.0488. The zero-order chi connectivity index (χ0) is 15.1. The van der Waals surface area contributed by atoms with E-state index in [2.05, 4.69) is 30.8 Å². The van der Waals surface area contributed by atoms with Gasteiger partial charge >= 0.3 is 5.97 Å². The number of carbonyl (C=O) groups excluding carboxylic acids is 1. The summed E-state index contributed by atoms with van der Waals surface area (Å²) in [5.74, 6) is -0.143. The molecule has 0 saturated carbocycles. The minimum absolute atomic E-state index is 0.0488. The summed E-state index contributed by atoms with van der Waals surface area (Å²) in [7, 11) is 1.92. The van der Waals surface area contributed by atoms with Gasteiger partial charge in [0, 0.05) is 24.8 Å². The predicted octanol–water partition coefficient (Wildman–Crippen LogP) is 2.32. The van der Waals surface area contributed by atoms with Crippen LogP contribution in [-0.2, 0) is 23.0 Å². The third kappa shape index (κ3) is 4.07. The molecule has 0 radical (unpaired) electrons. The molecule has 1 heterocycles. The fraction of sp³-hybridized carbons (Fsp3) is 0.733. The summed E-state index contributed by atoms with van der Waals surface area (Å²) >= 11 is 0. The summed E-state index contributed by atoms with van der Waals surface area (Å²) < 4.78 is 6.95. The van der Waals surface area contributed by atoms with Crippen LogP contribution in [0.2, 0.25) is 0 Å². The van der Waals surface area contributed by atoms with Gasteiger partial charge in [0.25, 0.3) is 0 Å². The SMILES string of the molecule is CCOC(=O)CC(c1cn(C)nc1CC)N(CC)CC. The van der Waals surface area contributed by atoms with E-state index in [-0.39, 0.29) is 12.0 Å². The number of nitrogens with zero attached hydrogens (tertiary/aromatic N) is 3. The van der Waals surface area contributed by atoms with Crippen molar-refractivity contribution < 1.29 is 9.53 Å². The van der Waals surface area contributed by atoms with Crippen LogP contribution in [0.4, 0.5) is 0 Å². The molecular formula is C15H27N3O2. The largest absolute Gasteiger partial charge is 0.466 e. The first-order valence-electron chi connectivity index (χ1n) is 7.49. The van der Waals surface area contributed by atoms with Gasteiger partial charge in [-0.1, -0.05) is 20.8 Å². The molecule has 5 heteroatoms. The second-order valence-corrected chi connectivity index (χ2v) is 4.80. The minimum Gasteiger partial charge on any atom is -0.466 e. The molecule has 1 aromatic heterocycles. The van der Waals surface area contributed by atoms with Gasteiger partial charge in [-0.2, -0.15) is 5.10 Å². The highest BCUT2D eigenvalue weighted by Crippen LogP contribution is 2.27. The first kappa shape index (κ1) is 16.7. The van der Waals surface area contributed by atoms with Crippen molar-refractivity contribution in [2.45, 2.75) is 46.6 Å². The molecule has 0 aliphatic rings. The molecular weight excluding hydrogens is 254 g/mol. The molecule has 1 aromatic rings. The van der Waals surface area contributed by atoms with E-state index in [1.54, 1.807) is 0 Å². The van der Waals surface area contributed by atoms with Crippen LogP contribution in [0.5, 0.6) is 0 Å². The normalized spacial score (nSPS) is 12.7. The lowest BCUT2D eigenvalue weighted by molar-refractivity contribution is -0.144. The highest BCUT2D eigenvalue weighted by molar-refractivity contribution is 5.70. The minimum atomic E-state index is -0.143. The van der Waals surface area contributed by atoms with Crippen molar-refractivity contribution in [1.29, 1.82) is 0 Å². The second-order valence-electron chi connectivity index (χ2n) is 4.80. The van der Waals surface area contributed by atoms with Gasteiger partial charge in [0.1, 0.15) is 0 Å². The van der Waals surface area contributed by atoms with Crippen LogP contribution in [0.3, 0.4) is 0 Å². The van der Waals surface area contributed by atoms with E-state index in [1.807, 2.05) is 24.9 Å². The average Bonchev–Trinajstić information content (AvgIpc) is 2.80. The molecule has 0 N–H and O–H groups in total. The molecule has 0 aliphatic heterocycles. The van der Waals surface area contributed by atoms with Crippen molar-refractivity contribution in [3.63, 3.8) is 0 Å². The second kappa shape index (κ2) is 8.04. The molecule has 0 amide bonds. The van der Waals surface area contributed by atoms with Gasteiger partial charge in [0.15, 0.2) is 0 Å². The fourth-order valence-electron chi connectivity index (χ4n) is 2.58.